The van der Waals surface area contributed by atoms with E-state index in [9.17, 15) is 0 Å². The van der Waals surface area contributed by atoms with Crippen LogP contribution >= 0.6 is 34.5 Å². The predicted molar refractivity (Wildman–Crippen MR) is 41.5 cm³/mol. The number of aromatic nitrogens is 1. The third-order valence-electron chi connectivity index (χ3n) is 0.874. The van der Waals surface area contributed by atoms with Crippen LogP contribution < -0.4 is 0 Å². The number of alkyl halides is 1. The molecule has 4 heteroatoms. The lowest BCUT2D eigenvalue weighted by Crippen LogP contribution is -1.83. The van der Waals surface area contributed by atoms with E-state index in [1.54, 1.807) is 0 Å². The summed E-state index contributed by atoms with van der Waals surface area (Å²) < 4.78 is 0.593. The van der Waals surface area contributed by atoms with Crippen molar-refractivity contribution in [3.8, 4) is 0 Å². The first-order valence-electron chi connectivity index (χ1n) is 2.49. The lowest BCUT2D eigenvalue weighted by atomic mass is 10.4. The second-order valence-electron chi connectivity index (χ2n) is 1.53. The van der Waals surface area contributed by atoms with E-state index in [0.717, 1.165) is 12.1 Å². The number of aryl methyl sites for hydroxylation is 1. The van der Waals surface area contributed by atoms with Gasteiger partial charge in [-0.15, -0.1) is 22.9 Å². The molecule has 0 unspecified atom stereocenters. The molecule has 1 heterocycles. The van der Waals surface area contributed by atoms with Gasteiger partial charge in [0.25, 0.3) is 0 Å². The molecule has 1 rings (SSSR count). The molecular weight excluding hydrogens is 177 g/mol. The summed E-state index contributed by atoms with van der Waals surface area (Å²) in [6.45, 7) is 0. The molecule has 1 nitrogen and oxygen atoms in total. The van der Waals surface area contributed by atoms with Crippen LogP contribution in [0.15, 0.2) is 5.38 Å². The van der Waals surface area contributed by atoms with Crippen LogP contribution in [0.5, 0.6) is 0 Å². The van der Waals surface area contributed by atoms with Crippen molar-refractivity contribution in [1.29, 1.82) is 0 Å². The summed E-state index contributed by atoms with van der Waals surface area (Å²) in [7, 11) is 0. The molecule has 0 atom stereocenters. The summed E-state index contributed by atoms with van der Waals surface area (Å²) >= 11 is 12.5. The summed E-state index contributed by atoms with van der Waals surface area (Å²) in [5.41, 5.74) is 0.986. The van der Waals surface area contributed by atoms with Gasteiger partial charge in [-0.3, -0.25) is 0 Å². The third-order valence-corrected chi connectivity index (χ3v) is 2.09. The van der Waals surface area contributed by atoms with Crippen LogP contribution in [0, 0.1) is 0 Å². The summed E-state index contributed by atoms with van der Waals surface area (Å²) in [5, 5.41) is 1.92. The van der Waals surface area contributed by atoms with Crippen LogP contribution in [-0.2, 0) is 6.42 Å². The van der Waals surface area contributed by atoms with E-state index >= 15 is 0 Å². The minimum absolute atomic E-state index is 0.593. The van der Waals surface area contributed by atoms with E-state index in [2.05, 4.69) is 4.98 Å². The van der Waals surface area contributed by atoms with Gasteiger partial charge in [-0.25, -0.2) is 4.98 Å². The Balaban J connectivity index is 2.61. The molecule has 0 aliphatic carbocycles. The Morgan fingerprint density at radius 3 is 2.89 bits per heavy atom. The maximum atomic E-state index is 5.56. The monoisotopic (exact) mass is 181 g/mol. The smallest absolute Gasteiger partial charge is 0.183 e. The van der Waals surface area contributed by atoms with Gasteiger partial charge in [0.15, 0.2) is 4.47 Å². The molecule has 0 bridgehead atoms. The maximum absolute atomic E-state index is 5.56. The average Bonchev–Trinajstić information content (AvgIpc) is 2.17. The first-order valence-corrected chi connectivity index (χ1v) is 4.28. The Morgan fingerprint density at radius 2 is 2.44 bits per heavy atom. The van der Waals surface area contributed by atoms with Crippen molar-refractivity contribution in [1.82, 2.24) is 4.98 Å². The minimum atomic E-state index is 0.593. The molecule has 1 aromatic heterocycles. The van der Waals surface area contributed by atoms with Crippen LogP contribution in [0.1, 0.15) is 5.69 Å². The van der Waals surface area contributed by atoms with Gasteiger partial charge >= 0.3 is 0 Å². The number of hydrogen-bond acceptors (Lipinski definition) is 2. The highest BCUT2D eigenvalue weighted by molar-refractivity contribution is 7.13. The molecule has 0 radical (unpaired) electrons. The van der Waals surface area contributed by atoms with Gasteiger partial charge in [0.2, 0.25) is 0 Å². The lowest BCUT2D eigenvalue weighted by Gasteiger charge is -1.83. The standard InChI is InChI=1S/C5H5Cl2NS/c6-2-1-4-3-9-5(7)8-4/h3H,1-2H2. The number of thiazole rings is 1. The molecule has 0 aromatic carbocycles. The number of halogens is 2. The molecular formula is C5H5Cl2NS. The minimum Gasteiger partial charge on any atom is -0.230 e. The summed E-state index contributed by atoms with van der Waals surface area (Å²) in [6.07, 6.45) is 0.810. The van der Waals surface area contributed by atoms with Crippen molar-refractivity contribution in [2.24, 2.45) is 0 Å². The highest BCUT2D eigenvalue weighted by Crippen LogP contribution is 2.15. The largest absolute Gasteiger partial charge is 0.230 e. The van der Waals surface area contributed by atoms with Gasteiger partial charge in [0, 0.05) is 17.7 Å². The van der Waals surface area contributed by atoms with Gasteiger partial charge in [-0.2, -0.15) is 0 Å². The van der Waals surface area contributed by atoms with Crippen molar-refractivity contribution in [2.75, 3.05) is 5.88 Å². The van der Waals surface area contributed by atoms with Gasteiger partial charge in [0.1, 0.15) is 0 Å². The predicted octanol–water partition coefficient (Wildman–Crippen LogP) is 2.58. The van der Waals surface area contributed by atoms with Crippen LogP contribution in [0.4, 0.5) is 0 Å². The average molecular weight is 182 g/mol. The molecule has 0 aliphatic heterocycles. The zero-order valence-corrected chi connectivity index (χ0v) is 6.93. The fourth-order valence-electron chi connectivity index (χ4n) is 0.494. The fourth-order valence-corrected chi connectivity index (χ4v) is 1.50. The van der Waals surface area contributed by atoms with E-state index in [4.69, 9.17) is 23.2 Å². The molecule has 50 valence electrons. The third kappa shape index (κ3) is 2.12. The first kappa shape index (κ1) is 7.32. The van der Waals surface area contributed by atoms with Crippen LogP contribution in [0.25, 0.3) is 0 Å². The second kappa shape index (κ2) is 3.40. The van der Waals surface area contributed by atoms with Crippen molar-refractivity contribution < 1.29 is 0 Å². The zero-order chi connectivity index (χ0) is 6.69. The Labute approximate surface area is 67.6 Å². The highest BCUT2D eigenvalue weighted by atomic mass is 35.5. The van der Waals surface area contributed by atoms with E-state index in [0.29, 0.717) is 10.3 Å². The van der Waals surface area contributed by atoms with Crippen molar-refractivity contribution in [3.05, 3.63) is 15.5 Å². The SMILES string of the molecule is ClCCc1csc(Cl)n1. The van der Waals surface area contributed by atoms with E-state index in [1.807, 2.05) is 5.38 Å². The van der Waals surface area contributed by atoms with E-state index < -0.39 is 0 Å². The van der Waals surface area contributed by atoms with Crippen molar-refractivity contribution >= 4 is 34.5 Å². The number of nitrogens with zero attached hydrogens (tertiary/aromatic N) is 1. The summed E-state index contributed by atoms with van der Waals surface area (Å²) in [6, 6.07) is 0. The molecule has 9 heavy (non-hydrogen) atoms. The molecule has 0 saturated heterocycles. The molecule has 0 saturated carbocycles. The van der Waals surface area contributed by atoms with Gasteiger partial charge in [-0.1, -0.05) is 11.6 Å². The highest BCUT2D eigenvalue weighted by Gasteiger charge is 1.96. The first-order chi connectivity index (χ1) is 4.33. The normalized spacial score (nSPS) is 10.0. The van der Waals surface area contributed by atoms with Crippen molar-refractivity contribution in [2.45, 2.75) is 6.42 Å². The number of hydrogen-bond donors (Lipinski definition) is 0. The Hall–Kier alpha value is 0.210. The lowest BCUT2D eigenvalue weighted by molar-refractivity contribution is 1.07. The van der Waals surface area contributed by atoms with E-state index in [-0.39, 0.29) is 0 Å². The van der Waals surface area contributed by atoms with Crippen LogP contribution in [0.3, 0.4) is 0 Å². The van der Waals surface area contributed by atoms with Gasteiger partial charge in [0.05, 0.1) is 5.69 Å². The molecule has 0 fully saturated rings. The topological polar surface area (TPSA) is 12.9 Å². The zero-order valence-electron chi connectivity index (χ0n) is 4.60. The number of rotatable bonds is 2. The Kier molecular flexibility index (Phi) is 2.76. The fraction of sp³-hybridized carbons (Fsp3) is 0.400. The van der Waals surface area contributed by atoms with Crippen molar-refractivity contribution in [3.63, 3.8) is 0 Å². The summed E-state index contributed by atoms with van der Waals surface area (Å²) in [4.78, 5) is 4.00. The molecule has 0 N–H and O–H groups in total. The molecule has 0 aliphatic rings. The second-order valence-corrected chi connectivity index (χ2v) is 3.35. The van der Waals surface area contributed by atoms with Crippen LogP contribution in [0.2, 0.25) is 4.47 Å². The maximum Gasteiger partial charge on any atom is 0.183 e. The van der Waals surface area contributed by atoms with E-state index in [1.165, 1.54) is 11.3 Å². The molecule has 0 spiro atoms. The Bertz CT molecular complexity index is 187. The molecule has 1 aromatic rings. The summed E-state index contributed by atoms with van der Waals surface area (Å²) in [5.74, 6) is 0.611. The quantitative estimate of drug-likeness (QED) is 0.640. The van der Waals surface area contributed by atoms with Crippen LogP contribution in [-0.4, -0.2) is 10.9 Å². The van der Waals surface area contributed by atoms with Gasteiger partial charge in [-0.05, 0) is 0 Å². The molecule has 0 amide bonds. The van der Waals surface area contributed by atoms with Gasteiger partial charge < -0.3 is 0 Å². The Morgan fingerprint density at radius 1 is 1.67 bits per heavy atom.